The summed E-state index contributed by atoms with van der Waals surface area (Å²) in [6.45, 7) is 0. The van der Waals surface area contributed by atoms with E-state index in [1.54, 1.807) is 0 Å². The van der Waals surface area contributed by atoms with Crippen molar-refractivity contribution in [3.8, 4) is 0 Å². The molecule has 0 heterocycles. The topological polar surface area (TPSA) is 171 Å². The van der Waals surface area contributed by atoms with Crippen molar-refractivity contribution >= 4 is 29.4 Å². The van der Waals surface area contributed by atoms with Gasteiger partial charge in [-0.1, -0.05) is 0 Å². The minimum absolute atomic E-state index is 0.00791. The van der Waals surface area contributed by atoms with E-state index in [4.69, 9.17) is 23.2 Å². The molecule has 0 fully saturated rings. The monoisotopic (exact) mass is 282 g/mol. The Morgan fingerprint density at radius 3 is 1.95 bits per heavy atom. The maximum atomic E-state index is 11.4. The maximum Gasteiger partial charge on any atom is 0.337 e. The molecule has 108 valence electrons. The summed E-state index contributed by atoms with van der Waals surface area (Å²) in [6, 6.07) is 1.77. The van der Waals surface area contributed by atoms with Gasteiger partial charge in [0.25, 0.3) is 0 Å². The highest BCUT2D eigenvalue weighted by Gasteiger charge is 2.20. The lowest BCUT2D eigenvalue weighted by molar-refractivity contribution is 0.0600. The molecule has 4 amide bonds. The second-order valence-corrected chi connectivity index (χ2v) is 3.61. The van der Waals surface area contributed by atoms with Gasteiger partial charge in [-0.25, -0.2) is 36.1 Å². The molecule has 8 N–H and O–H groups in total. The van der Waals surface area contributed by atoms with Crippen molar-refractivity contribution in [2.45, 2.75) is 0 Å². The molecule has 0 aromatic heterocycles. The highest BCUT2D eigenvalue weighted by Crippen LogP contribution is 2.28. The van der Waals surface area contributed by atoms with E-state index in [9.17, 15) is 14.4 Å². The number of carbonyl (C=O) groups is 3. The summed E-state index contributed by atoms with van der Waals surface area (Å²) in [4.78, 5) is 33.6. The van der Waals surface area contributed by atoms with Gasteiger partial charge in [0, 0.05) is 0 Å². The molecular weight excluding hydrogens is 268 g/mol. The highest BCUT2D eigenvalue weighted by molar-refractivity contribution is 6.01. The van der Waals surface area contributed by atoms with Crippen molar-refractivity contribution in [3.63, 3.8) is 0 Å². The molecule has 20 heavy (non-hydrogen) atoms. The van der Waals surface area contributed by atoms with Gasteiger partial charge in [0.05, 0.1) is 24.0 Å². The van der Waals surface area contributed by atoms with Crippen LogP contribution in [-0.2, 0) is 4.74 Å². The zero-order valence-electron chi connectivity index (χ0n) is 10.6. The molecule has 0 aliphatic rings. The van der Waals surface area contributed by atoms with Crippen LogP contribution in [0.3, 0.4) is 0 Å². The molecule has 0 aliphatic heterocycles. The number of methoxy groups -OCH3 is 1. The predicted octanol–water partition coefficient (Wildman–Crippen LogP) is -1.01. The van der Waals surface area contributed by atoms with Crippen LogP contribution in [-0.4, -0.2) is 25.1 Å². The number of carbonyl (C=O) groups excluding carboxylic acids is 3. The van der Waals surface area contributed by atoms with Gasteiger partial charge in [-0.05, 0) is 18.2 Å². The van der Waals surface area contributed by atoms with Crippen LogP contribution < -0.4 is 33.2 Å². The van der Waals surface area contributed by atoms with Crippen LogP contribution in [0.1, 0.15) is 10.4 Å². The van der Waals surface area contributed by atoms with Crippen LogP contribution in [0.15, 0.2) is 18.2 Å². The zero-order chi connectivity index (χ0) is 15.4. The molecule has 0 atom stereocenters. The number of hydrogen-bond acceptors (Lipinski definition) is 6. The molecular formula is C10H14N6O4. The summed E-state index contributed by atoms with van der Waals surface area (Å²) < 4.78 is 4.53. The standard InChI is InChI=1S/C10H14N6O4/c1-20-8(17)5-2-3-6(15(13)9(11)18)7(4-5)16(14)10(12)19/h2-4H,13-14H2,1H3,(H2,11,18)(H2,12,19). The minimum atomic E-state index is -1.02. The van der Waals surface area contributed by atoms with Gasteiger partial charge >= 0.3 is 18.0 Å². The van der Waals surface area contributed by atoms with Gasteiger partial charge in [0.1, 0.15) is 0 Å². The maximum absolute atomic E-state index is 11.4. The number of nitrogens with zero attached hydrogens (tertiary/aromatic N) is 2. The van der Waals surface area contributed by atoms with Crippen LogP contribution in [0.25, 0.3) is 0 Å². The molecule has 0 unspecified atom stereocenters. The largest absolute Gasteiger partial charge is 0.465 e. The van der Waals surface area contributed by atoms with E-state index in [0.29, 0.717) is 10.0 Å². The number of hydrogen-bond donors (Lipinski definition) is 4. The van der Waals surface area contributed by atoms with Gasteiger partial charge in [0.2, 0.25) is 0 Å². The van der Waals surface area contributed by atoms with Gasteiger partial charge in [-0.2, -0.15) is 0 Å². The second-order valence-electron chi connectivity index (χ2n) is 3.61. The summed E-state index contributed by atoms with van der Waals surface area (Å²) in [6.07, 6.45) is 0. The van der Waals surface area contributed by atoms with E-state index in [0.717, 1.165) is 0 Å². The van der Waals surface area contributed by atoms with Crippen LogP contribution in [0.5, 0.6) is 0 Å². The van der Waals surface area contributed by atoms with Crippen molar-refractivity contribution in [1.29, 1.82) is 0 Å². The molecule has 1 aromatic carbocycles. The number of ether oxygens (including phenoxy) is 1. The Hall–Kier alpha value is -2.85. The van der Waals surface area contributed by atoms with Crippen LogP contribution in [0, 0.1) is 0 Å². The Balaban J connectivity index is 3.41. The number of esters is 1. The number of amides is 4. The van der Waals surface area contributed by atoms with Gasteiger partial charge in [0.15, 0.2) is 0 Å². The molecule has 0 bridgehead atoms. The zero-order valence-corrected chi connectivity index (χ0v) is 10.6. The van der Waals surface area contributed by atoms with Crippen LogP contribution >= 0.6 is 0 Å². The number of hydrazine groups is 2. The van der Waals surface area contributed by atoms with Gasteiger partial charge in [-0.15, -0.1) is 0 Å². The minimum Gasteiger partial charge on any atom is -0.465 e. The number of primary amides is 2. The first-order chi connectivity index (χ1) is 9.29. The molecule has 0 spiro atoms. The first-order valence-corrected chi connectivity index (χ1v) is 5.20. The Bertz CT molecular complexity index is 561. The molecule has 1 rings (SSSR count). The Kier molecular flexibility index (Phi) is 4.46. The third kappa shape index (κ3) is 2.93. The van der Waals surface area contributed by atoms with Crippen molar-refractivity contribution in [2.75, 3.05) is 17.1 Å². The summed E-state index contributed by atoms with van der Waals surface area (Å²) >= 11 is 0. The molecule has 0 saturated heterocycles. The third-order valence-electron chi connectivity index (χ3n) is 2.39. The quantitative estimate of drug-likeness (QED) is 0.239. The lowest BCUT2D eigenvalue weighted by Crippen LogP contribution is -2.46. The molecule has 10 nitrogen and oxygen atoms in total. The van der Waals surface area contributed by atoms with E-state index in [1.165, 1.54) is 25.3 Å². The Labute approximate surface area is 113 Å². The molecule has 0 radical (unpaired) electrons. The number of anilines is 2. The molecule has 0 aliphatic carbocycles. The first-order valence-electron chi connectivity index (χ1n) is 5.20. The highest BCUT2D eigenvalue weighted by atomic mass is 16.5. The van der Waals surface area contributed by atoms with Crippen LogP contribution in [0.2, 0.25) is 0 Å². The van der Waals surface area contributed by atoms with Gasteiger partial charge < -0.3 is 16.2 Å². The Morgan fingerprint density at radius 1 is 1.00 bits per heavy atom. The van der Waals surface area contributed by atoms with Crippen molar-refractivity contribution in [1.82, 2.24) is 0 Å². The van der Waals surface area contributed by atoms with E-state index in [2.05, 4.69) is 4.74 Å². The SMILES string of the molecule is COC(=O)c1ccc(N(N)C(N)=O)c(N(N)C(N)=O)c1. The van der Waals surface area contributed by atoms with E-state index < -0.39 is 18.0 Å². The number of rotatable bonds is 3. The fraction of sp³-hybridized carbons (Fsp3) is 0.100. The summed E-state index contributed by atoms with van der Waals surface area (Å²) in [5.74, 6) is 10.2. The average Bonchev–Trinajstić information content (AvgIpc) is 2.43. The summed E-state index contributed by atoms with van der Waals surface area (Å²) in [5.41, 5.74) is 10.1. The fourth-order valence-corrected chi connectivity index (χ4v) is 1.40. The predicted molar refractivity (Wildman–Crippen MR) is 70.3 cm³/mol. The molecule has 10 heteroatoms. The van der Waals surface area contributed by atoms with E-state index >= 15 is 0 Å². The van der Waals surface area contributed by atoms with Crippen molar-refractivity contribution in [3.05, 3.63) is 23.8 Å². The van der Waals surface area contributed by atoms with Crippen LogP contribution in [0.4, 0.5) is 21.0 Å². The van der Waals surface area contributed by atoms with Crippen molar-refractivity contribution in [2.24, 2.45) is 23.2 Å². The number of nitrogens with two attached hydrogens (primary N) is 4. The van der Waals surface area contributed by atoms with E-state index in [-0.39, 0.29) is 16.9 Å². The number of benzene rings is 1. The first kappa shape index (κ1) is 15.2. The van der Waals surface area contributed by atoms with Gasteiger partial charge in [-0.3, -0.25) is 0 Å². The smallest absolute Gasteiger partial charge is 0.337 e. The van der Waals surface area contributed by atoms with Crippen molar-refractivity contribution < 1.29 is 19.1 Å². The fourth-order valence-electron chi connectivity index (χ4n) is 1.40. The lowest BCUT2D eigenvalue weighted by atomic mass is 10.1. The third-order valence-corrected chi connectivity index (χ3v) is 2.39. The summed E-state index contributed by atoms with van der Waals surface area (Å²) in [5, 5.41) is 1.07. The average molecular weight is 282 g/mol. The lowest BCUT2D eigenvalue weighted by Gasteiger charge is -2.22. The number of urea groups is 2. The molecule has 1 aromatic rings. The second kappa shape index (κ2) is 5.86. The van der Waals surface area contributed by atoms with E-state index in [1.807, 2.05) is 0 Å². The summed E-state index contributed by atoms with van der Waals surface area (Å²) in [7, 11) is 1.18. The molecule has 0 saturated carbocycles. The Morgan fingerprint density at radius 2 is 1.50 bits per heavy atom. The normalized spacial score (nSPS) is 9.75.